The van der Waals surface area contributed by atoms with Crippen molar-refractivity contribution in [1.82, 2.24) is 9.97 Å². The Labute approximate surface area is 138 Å². The summed E-state index contributed by atoms with van der Waals surface area (Å²) >= 11 is 2.06. The SMILES string of the molecule is CCSC1CCCC1Nc1cc(COC)nc(C(C)(C)C)n1. The fraction of sp³-hybridized carbons (Fsp3) is 0.765. The Hall–Kier alpha value is -0.810. The quantitative estimate of drug-likeness (QED) is 0.857. The molecule has 1 aromatic rings. The van der Waals surface area contributed by atoms with Gasteiger partial charge in [-0.2, -0.15) is 11.8 Å². The Morgan fingerprint density at radius 1 is 1.32 bits per heavy atom. The molecule has 0 spiro atoms. The topological polar surface area (TPSA) is 47.0 Å². The van der Waals surface area contributed by atoms with E-state index >= 15 is 0 Å². The number of nitrogens with zero attached hydrogens (tertiary/aromatic N) is 2. The van der Waals surface area contributed by atoms with Crippen LogP contribution in [0.3, 0.4) is 0 Å². The summed E-state index contributed by atoms with van der Waals surface area (Å²) < 4.78 is 5.26. The van der Waals surface area contributed by atoms with Crippen LogP contribution in [0.1, 0.15) is 58.5 Å². The summed E-state index contributed by atoms with van der Waals surface area (Å²) in [6, 6.07) is 2.55. The maximum Gasteiger partial charge on any atom is 0.136 e. The molecule has 5 heteroatoms. The first-order valence-electron chi connectivity index (χ1n) is 8.19. The fourth-order valence-corrected chi connectivity index (χ4v) is 4.02. The molecule has 0 bridgehead atoms. The smallest absolute Gasteiger partial charge is 0.136 e. The molecule has 4 nitrogen and oxygen atoms in total. The zero-order valence-corrected chi connectivity index (χ0v) is 15.3. The monoisotopic (exact) mass is 323 g/mol. The first kappa shape index (κ1) is 17.5. The third-order valence-electron chi connectivity index (χ3n) is 3.91. The minimum Gasteiger partial charge on any atom is -0.378 e. The zero-order chi connectivity index (χ0) is 16.2. The number of nitrogens with one attached hydrogen (secondary N) is 1. The van der Waals surface area contributed by atoms with Gasteiger partial charge in [-0.1, -0.05) is 34.1 Å². The van der Waals surface area contributed by atoms with E-state index in [-0.39, 0.29) is 5.41 Å². The van der Waals surface area contributed by atoms with Crippen molar-refractivity contribution in [3.05, 3.63) is 17.6 Å². The van der Waals surface area contributed by atoms with Gasteiger partial charge >= 0.3 is 0 Å². The van der Waals surface area contributed by atoms with E-state index in [0.717, 1.165) is 17.3 Å². The standard InChI is InChI=1S/C17H29N3OS/c1-6-22-14-9-7-8-13(14)19-15-10-12(11-21-5)18-16(20-15)17(2,3)4/h10,13-14H,6-9,11H2,1-5H3,(H,18,19,20). The molecule has 0 saturated heterocycles. The molecule has 2 rings (SSSR count). The van der Waals surface area contributed by atoms with Crippen LogP contribution >= 0.6 is 11.8 Å². The number of ether oxygens (including phenoxy) is 1. The van der Waals surface area contributed by atoms with Crippen molar-refractivity contribution >= 4 is 17.6 Å². The molecule has 0 amide bonds. The van der Waals surface area contributed by atoms with Crippen LogP contribution in [0, 0.1) is 0 Å². The molecule has 0 aliphatic heterocycles. The predicted molar refractivity (Wildman–Crippen MR) is 94.6 cm³/mol. The lowest BCUT2D eigenvalue weighted by Crippen LogP contribution is -2.28. The number of thioether (sulfide) groups is 1. The highest BCUT2D eigenvalue weighted by atomic mass is 32.2. The van der Waals surface area contributed by atoms with Crippen LogP contribution in [0.4, 0.5) is 5.82 Å². The van der Waals surface area contributed by atoms with E-state index in [2.05, 4.69) is 49.8 Å². The van der Waals surface area contributed by atoms with Crippen LogP contribution in [0.25, 0.3) is 0 Å². The van der Waals surface area contributed by atoms with Crippen molar-refractivity contribution in [3.63, 3.8) is 0 Å². The molecule has 1 N–H and O–H groups in total. The summed E-state index contributed by atoms with van der Waals surface area (Å²) in [7, 11) is 1.71. The first-order chi connectivity index (χ1) is 10.4. The lowest BCUT2D eigenvalue weighted by atomic mass is 9.95. The van der Waals surface area contributed by atoms with Crippen molar-refractivity contribution in [2.75, 3.05) is 18.2 Å². The number of methoxy groups -OCH3 is 1. The molecule has 0 aromatic carbocycles. The number of anilines is 1. The molecule has 1 aliphatic rings. The molecule has 1 aliphatic carbocycles. The second-order valence-electron chi connectivity index (χ2n) is 6.93. The summed E-state index contributed by atoms with van der Waals surface area (Å²) in [6.45, 7) is 9.20. The van der Waals surface area contributed by atoms with Gasteiger partial charge in [-0.15, -0.1) is 0 Å². The van der Waals surface area contributed by atoms with Gasteiger partial charge in [0.25, 0.3) is 0 Å². The van der Waals surface area contributed by atoms with E-state index < -0.39 is 0 Å². The maximum atomic E-state index is 5.26. The van der Waals surface area contributed by atoms with Gasteiger partial charge in [0.05, 0.1) is 12.3 Å². The Bertz CT molecular complexity index is 487. The number of hydrogen-bond donors (Lipinski definition) is 1. The van der Waals surface area contributed by atoms with Crippen LogP contribution in [-0.2, 0) is 16.8 Å². The van der Waals surface area contributed by atoms with E-state index in [0.29, 0.717) is 17.9 Å². The first-order valence-corrected chi connectivity index (χ1v) is 9.24. The van der Waals surface area contributed by atoms with E-state index in [1.807, 2.05) is 6.07 Å². The molecule has 22 heavy (non-hydrogen) atoms. The largest absolute Gasteiger partial charge is 0.378 e. The van der Waals surface area contributed by atoms with Crippen molar-refractivity contribution in [2.45, 2.75) is 70.3 Å². The predicted octanol–water partition coefficient (Wildman–Crippen LogP) is 4.01. The summed E-state index contributed by atoms with van der Waals surface area (Å²) in [5.41, 5.74) is 0.885. The number of aromatic nitrogens is 2. The molecule has 2 atom stereocenters. The Morgan fingerprint density at radius 3 is 2.73 bits per heavy atom. The van der Waals surface area contributed by atoms with E-state index in [1.54, 1.807) is 7.11 Å². The van der Waals surface area contributed by atoms with Crippen molar-refractivity contribution < 1.29 is 4.74 Å². The molecule has 1 heterocycles. The van der Waals surface area contributed by atoms with Gasteiger partial charge in [0.15, 0.2) is 0 Å². The van der Waals surface area contributed by atoms with E-state index in [1.165, 1.54) is 25.0 Å². The molecule has 124 valence electrons. The third kappa shape index (κ3) is 4.59. The lowest BCUT2D eigenvalue weighted by Gasteiger charge is -2.23. The van der Waals surface area contributed by atoms with Crippen LogP contribution < -0.4 is 5.32 Å². The van der Waals surface area contributed by atoms with Crippen LogP contribution in [0.5, 0.6) is 0 Å². The second-order valence-corrected chi connectivity index (χ2v) is 8.44. The Morgan fingerprint density at radius 2 is 2.09 bits per heavy atom. The van der Waals surface area contributed by atoms with Crippen LogP contribution in [-0.4, -0.2) is 34.1 Å². The second kappa shape index (κ2) is 7.64. The van der Waals surface area contributed by atoms with Gasteiger partial charge in [0, 0.05) is 29.9 Å². The molecule has 0 radical (unpaired) electrons. The lowest BCUT2D eigenvalue weighted by molar-refractivity contribution is 0.181. The number of rotatable bonds is 6. The van der Waals surface area contributed by atoms with Crippen molar-refractivity contribution in [2.24, 2.45) is 0 Å². The van der Waals surface area contributed by atoms with Crippen LogP contribution in [0.2, 0.25) is 0 Å². The average Bonchev–Trinajstić information content (AvgIpc) is 2.86. The van der Waals surface area contributed by atoms with Crippen LogP contribution in [0.15, 0.2) is 6.07 Å². The van der Waals surface area contributed by atoms with E-state index in [4.69, 9.17) is 9.72 Å². The summed E-state index contributed by atoms with van der Waals surface area (Å²) in [5, 5.41) is 4.36. The molecule has 2 unspecified atom stereocenters. The molecule has 1 fully saturated rings. The zero-order valence-electron chi connectivity index (χ0n) is 14.5. The normalized spacial score (nSPS) is 22.0. The molecular weight excluding hydrogens is 294 g/mol. The van der Waals surface area contributed by atoms with Gasteiger partial charge in [0.2, 0.25) is 0 Å². The highest BCUT2D eigenvalue weighted by Gasteiger charge is 2.28. The van der Waals surface area contributed by atoms with Gasteiger partial charge < -0.3 is 10.1 Å². The highest BCUT2D eigenvalue weighted by molar-refractivity contribution is 7.99. The molecule has 1 aromatic heterocycles. The summed E-state index contributed by atoms with van der Waals surface area (Å²) in [6.07, 6.45) is 3.84. The minimum atomic E-state index is -0.0621. The minimum absolute atomic E-state index is 0.0621. The third-order valence-corrected chi connectivity index (χ3v) is 5.23. The molecule has 1 saturated carbocycles. The highest BCUT2D eigenvalue weighted by Crippen LogP contribution is 2.32. The van der Waals surface area contributed by atoms with Gasteiger partial charge in [-0.25, -0.2) is 9.97 Å². The Kier molecular flexibility index (Phi) is 6.09. The Balaban J connectivity index is 2.20. The number of hydrogen-bond acceptors (Lipinski definition) is 5. The summed E-state index contributed by atoms with van der Waals surface area (Å²) in [5.74, 6) is 3.00. The average molecular weight is 324 g/mol. The van der Waals surface area contributed by atoms with Crippen molar-refractivity contribution in [1.29, 1.82) is 0 Å². The summed E-state index contributed by atoms with van der Waals surface area (Å²) in [4.78, 5) is 9.40. The van der Waals surface area contributed by atoms with Gasteiger partial charge in [-0.05, 0) is 18.6 Å². The van der Waals surface area contributed by atoms with Crippen molar-refractivity contribution in [3.8, 4) is 0 Å². The molecular formula is C17H29N3OS. The fourth-order valence-electron chi connectivity index (χ4n) is 2.82. The van der Waals surface area contributed by atoms with Gasteiger partial charge in [0.1, 0.15) is 11.6 Å². The van der Waals surface area contributed by atoms with Gasteiger partial charge in [-0.3, -0.25) is 0 Å². The maximum absolute atomic E-state index is 5.26. The van der Waals surface area contributed by atoms with E-state index in [9.17, 15) is 0 Å².